The lowest BCUT2D eigenvalue weighted by atomic mass is 9.71. The summed E-state index contributed by atoms with van der Waals surface area (Å²) in [7, 11) is 1.63. The molecule has 188 valence electrons. The number of hydrogen-bond acceptors (Lipinski definition) is 7. The SMILES string of the molecule is COc1ccc([C@H]2CC(=O)C3=C(C2)NC(C)=C(C(=O)OC(C)C)[C@H]3c2cc3c(cc2Br)OCO3)cc1. The summed E-state index contributed by atoms with van der Waals surface area (Å²) in [6.07, 6.45) is 0.697. The van der Waals surface area contributed by atoms with Crippen LogP contribution in [0.5, 0.6) is 17.2 Å². The molecule has 0 amide bonds. The number of esters is 1. The Labute approximate surface area is 218 Å². The highest BCUT2D eigenvalue weighted by Crippen LogP contribution is 2.49. The molecule has 2 aromatic carbocycles. The lowest BCUT2D eigenvalue weighted by Gasteiger charge is -2.37. The second-order valence-corrected chi connectivity index (χ2v) is 10.3. The summed E-state index contributed by atoms with van der Waals surface area (Å²) in [4.78, 5) is 27.1. The number of allylic oxidation sites excluding steroid dienone is 3. The van der Waals surface area contributed by atoms with Crippen LogP contribution in [0.15, 0.2) is 63.4 Å². The van der Waals surface area contributed by atoms with Gasteiger partial charge in [0.05, 0.1) is 18.8 Å². The van der Waals surface area contributed by atoms with E-state index in [1.807, 2.05) is 57.2 Å². The molecule has 0 unspecified atom stereocenters. The third kappa shape index (κ3) is 4.39. The highest BCUT2D eigenvalue weighted by Gasteiger charge is 2.42. The van der Waals surface area contributed by atoms with Crippen LogP contribution in [-0.4, -0.2) is 31.8 Å². The molecule has 8 heteroatoms. The normalized spacial score (nSPS) is 20.9. The van der Waals surface area contributed by atoms with Gasteiger partial charge in [0.25, 0.3) is 0 Å². The topological polar surface area (TPSA) is 83.1 Å². The van der Waals surface area contributed by atoms with E-state index in [2.05, 4.69) is 21.2 Å². The van der Waals surface area contributed by atoms with Crippen LogP contribution in [-0.2, 0) is 14.3 Å². The standard InChI is InChI=1S/C28H28BrNO6/c1-14(2)36-28(32)25-15(3)30-21-9-17(16-5-7-18(33-4)8-6-16)10-22(31)27(21)26(25)19-11-23-24(12-20(19)29)35-13-34-23/h5-8,11-12,14,17,26,30H,9-10,13H2,1-4H3/t17-,26-/m1/s1. The third-order valence-corrected chi connectivity index (χ3v) is 7.47. The van der Waals surface area contributed by atoms with Gasteiger partial charge in [-0.15, -0.1) is 0 Å². The van der Waals surface area contributed by atoms with Gasteiger partial charge in [0, 0.05) is 33.8 Å². The van der Waals surface area contributed by atoms with Crippen LogP contribution in [0.25, 0.3) is 0 Å². The van der Waals surface area contributed by atoms with Crippen molar-refractivity contribution in [2.45, 2.75) is 51.6 Å². The van der Waals surface area contributed by atoms with Gasteiger partial charge in [0.2, 0.25) is 6.79 Å². The second kappa shape index (κ2) is 9.65. The largest absolute Gasteiger partial charge is 0.497 e. The van der Waals surface area contributed by atoms with Crippen molar-refractivity contribution in [3.8, 4) is 17.2 Å². The Morgan fingerprint density at radius 1 is 1.11 bits per heavy atom. The van der Waals surface area contributed by atoms with E-state index in [1.165, 1.54) is 0 Å². The summed E-state index contributed by atoms with van der Waals surface area (Å²) < 4.78 is 22.8. The molecule has 0 aromatic heterocycles. The molecule has 0 radical (unpaired) electrons. The van der Waals surface area contributed by atoms with Crippen molar-refractivity contribution in [2.24, 2.45) is 0 Å². The number of rotatable bonds is 5. The molecule has 3 aliphatic rings. The molecule has 0 saturated heterocycles. The van der Waals surface area contributed by atoms with E-state index >= 15 is 0 Å². The molecule has 0 bridgehead atoms. The number of dihydropyridines is 1. The predicted molar refractivity (Wildman–Crippen MR) is 137 cm³/mol. The first kappa shape index (κ1) is 24.4. The fourth-order valence-corrected chi connectivity index (χ4v) is 5.72. The van der Waals surface area contributed by atoms with Crippen molar-refractivity contribution in [1.82, 2.24) is 5.32 Å². The molecule has 0 fully saturated rings. The summed E-state index contributed by atoms with van der Waals surface area (Å²) in [6.45, 7) is 5.61. The molecule has 2 heterocycles. The summed E-state index contributed by atoms with van der Waals surface area (Å²) in [5.74, 6) is 0.963. The average molecular weight is 554 g/mol. The molecule has 1 aliphatic carbocycles. The summed E-state index contributed by atoms with van der Waals surface area (Å²) >= 11 is 3.66. The maximum atomic E-state index is 13.8. The molecule has 7 nitrogen and oxygen atoms in total. The molecule has 36 heavy (non-hydrogen) atoms. The fraction of sp³-hybridized carbons (Fsp3) is 0.357. The lowest BCUT2D eigenvalue weighted by Crippen LogP contribution is -2.36. The van der Waals surface area contributed by atoms with Crippen molar-refractivity contribution < 1.29 is 28.5 Å². The highest BCUT2D eigenvalue weighted by molar-refractivity contribution is 9.10. The molecule has 5 rings (SSSR count). The fourth-order valence-electron chi connectivity index (χ4n) is 5.16. The van der Waals surface area contributed by atoms with Gasteiger partial charge < -0.3 is 24.3 Å². The molecule has 0 spiro atoms. The molecule has 2 aromatic rings. The van der Waals surface area contributed by atoms with Crippen LogP contribution in [0.3, 0.4) is 0 Å². The number of halogens is 1. The van der Waals surface area contributed by atoms with Crippen LogP contribution in [0.4, 0.5) is 0 Å². The Kier molecular flexibility index (Phi) is 6.55. The number of fused-ring (bicyclic) bond motifs is 1. The quantitative estimate of drug-likeness (QED) is 0.489. The zero-order valence-electron chi connectivity index (χ0n) is 20.6. The Morgan fingerprint density at radius 3 is 2.47 bits per heavy atom. The van der Waals surface area contributed by atoms with Crippen LogP contribution in [0.2, 0.25) is 0 Å². The van der Waals surface area contributed by atoms with E-state index in [1.54, 1.807) is 7.11 Å². The van der Waals surface area contributed by atoms with Crippen molar-refractivity contribution >= 4 is 27.7 Å². The molecule has 0 saturated carbocycles. The summed E-state index contributed by atoms with van der Waals surface area (Å²) in [5.41, 5.74) is 4.38. The summed E-state index contributed by atoms with van der Waals surface area (Å²) in [6, 6.07) is 11.5. The zero-order chi connectivity index (χ0) is 25.6. The van der Waals surface area contributed by atoms with E-state index in [-0.39, 0.29) is 24.6 Å². The predicted octanol–water partition coefficient (Wildman–Crippen LogP) is 5.50. The highest BCUT2D eigenvalue weighted by atomic mass is 79.9. The first-order chi connectivity index (χ1) is 17.3. The van der Waals surface area contributed by atoms with Gasteiger partial charge in [-0.05, 0) is 68.5 Å². The minimum Gasteiger partial charge on any atom is -0.497 e. The molecular weight excluding hydrogens is 526 g/mol. The van der Waals surface area contributed by atoms with E-state index < -0.39 is 11.9 Å². The number of ketones is 1. The average Bonchev–Trinajstić information content (AvgIpc) is 3.29. The van der Waals surface area contributed by atoms with Crippen molar-refractivity contribution in [2.75, 3.05) is 13.9 Å². The minimum absolute atomic E-state index is 0.00137. The number of benzene rings is 2. The van der Waals surface area contributed by atoms with E-state index in [0.29, 0.717) is 41.2 Å². The molecule has 2 aliphatic heterocycles. The van der Waals surface area contributed by atoms with Gasteiger partial charge in [-0.25, -0.2) is 4.79 Å². The zero-order valence-corrected chi connectivity index (χ0v) is 22.2. The third-order valence-electron chi connectivity index (χ3n) is 6.78. The first-order valence-electron chi connectivity index (χ1n) is 11.9. The van der Waals surface area contributed by atoms with Crippen LogP contribution >= 0.6 is 15.9 Å². The Balaban J connectivity index is 1.60. The molecule has 1 N–H and O–H groups in total. The number of ether oxygens (including phenoxy) is 4. The molecular formula is C28H28BrNO6. The van der Waals surface area contributed by atoms with Gasteiger partial charge in [-0.1, -0.05) is 28.1 Å². The van der Waals surface area contributed by atoms with Crippen molar-refractivity contribution in [3.05, 3.63) is 74.5 Å². The number of carbonyl (C=O) groups is 2. The minimum atomic E-state index is -0.597. The van der Waals surface area contributed by atoms with Gasteiger partial charge in [0.15, 0.2) is 17.3 Å². The summed E-state index contributed by atoms with van der Waals surface area (Å²) in [5, 5.41) is 3.39. The maximum absolute atomic E-state index is 13.8. The Morgan fingerprint density at radius 2 is 1.81 bits per heavy atom. The van der Waals surface area contributed by atoms with E-state index in [9.17, 15) is 9.59 Å². The van der Waals surface area contributed by atoms with E-state index in [0.717, 1.165) is 27.0 Å². The van der Waals surface area contributed by atoms with Crippen molar-refractivity contribution in [1.29, 1.82) is 0 Å². The monoisotopic (exact) mass is 553 g/mol. The van der Waals surface area contributed by atoms with Crippen LogP contribution in [0, 0.1) is 0 Å². The van der Waals surface area contributed by atoms with Gasteiger partial charge in [0.1, 0.15) is 5.75 Å². The van der Waals surface area contributed by atoms with Gasteiger partial charge >= 0.3 is 5.97 Å². The first-order valence-corrected chi connectivity index (χ1v) is 12.7. The molecule has 2 atom stereocenters. The number of Topliss-reactive ketones (excluding diaryl/α,β-unsaturated/α-hetero) is 1. The van der Waals surface area contributed by atoms with Crippen LogP contribution < -0.4 is 19.5 Å². The number of hydrogen-bond donors (Lipinski definition) is 1. The lowest BCUT2D eigenvalue weighted by molar-refractivity contribution is -0.143. The second-order valence-electron chi connectivity index (χ2n) is 9.47. The number of methoxy groups -OCH3 is 1. The maximum Gasteiger partial charge on any atom is 0.337 e. The smallest absolute Gasteiger partial charge is 0.337 e. The van der Waals surface area contributed by atoms with Gasteiger partial charge in [-0.2, -0.15) is 0 Å². The number of nitrogens with one attached hydrogen (secondary N) is 1. The Hall–Kier alpha value is -3.26. The van der Waals surface area contributed by atoms with Gasteiger partial charge in [-0.3, -0.25) is 4.79 Å². The van der Waals surface area contributed by atoms with Crippen LogP contribution in [0.1, 0.15) is 56.6 Å². The van der Waals surface area contributed by atoms with E-state index in [4.69, 9.17) is 18.9 Å². The number of carbonyl (C=O) groups excluding carboxylic acids is 2. The van der Waals surface area contributed by atoms with Crippen molar-refractivity contribution in [3.63, 3.8) is 0 Å². The Bertz CT molecular complexity index is 1290.